The van der Waals surface area contributed by atoms with Gasteiger partial charge in [-0.25, -0.2) is 4.39 Å². The van der Waals surface area contributed by atoms with Crippen LogP contribution in [0.2, 0.25) is 0 Å². The molecule has 0 atom stereocenters. The fraction of sp³-hybridized carbons (Fsp3) is 0.133. The molecule has 90 valence electrons. The summed E-state index contributed by atoms with van der Waals surface area (Å²) in [6, 6.07) is 12.0. The van der Waals surface area contributed by atoms with Crippen molar-refractivity contribution in [1.29, 1.82) is 5.26 Å². The Kier molecular flexibility index (Phi) is 3.29. The number of hydrogen-bond donors (Lipinski definition) is 0. The predicted molar refractivity (Wildman–Crippen MR) is 67.1 cm³/mol. The number of rotatable bonds is 2. The lowest BCUT2D eigenvalue weighted by atomic mass is 10.1. The van der Waals surface area contributed by atoms with E-state index in [0.29, 0.717) is 22.6 Å². The molecule has 18 heavy (non-hydrogen) atoms. The lowest BCUT2D eigenvalue weighted by Gasteiger charge is -2.09. The lowest BCUT2D eigenvalue weighted by Crippen LogP contribution is -1.91. The van der Waals surface area contributed by atoms with Crippen LogP contribution in [-0.2, 0) is 0 Å². The molecule has 0 unspecified atom stereocenters. The number of nitrogens with zero attached hydrogens (tertiary/aromatic N) is 1. The molecule has 0 amide bonds. The van der Waals surface area contributed by atoms with Crippen molar-refractivity contribution in [2.75, 3.05) is 0 Å². The lowest BCUT2D eigenvalue weighted by molar-refractivity contribution is 0.474. The van der Waals surface area contributed by atoms with Gasteiger partial charge in [-0.15, -0.1) is 0 Å². The Balaban J connectivity index is 2.36. The molecule has 0 bridgehead atoms. The van der Waals surface area contributed by atoms with Crippen LogP contribution in [0.1, 0.15) is 16.7 Å². The van der Waals surface area contributed by atoms with E-state index >= 15 is 0 Å². The molecule has 0 aromatic heterocycles. The molecule has 2 rings (SSSR count). The topological polar surface area (TPSA) is 33.0 Å². The van der Waals surface area contributed by atoms with Crippen molar-refractivity contribution >= 4 is 0 Å². The standard InChI is InChI=1S/C15H12FNO/c1-10-3-5-12(9-17)15(7-10)18-13-6-4-11(2)14(16)8-13/h3-8H,1-2H3. The number of halogens is 1. The summed E-state index contributed by atoms with van der Waals surface area (Å²) in [6.45, 7) is 3.59. The molecular weight excluding hydrogens is 229 g/mol. The second-order valence-corrected chi connectivity index (χ2v) is 4.12. The van der Waals surface area contributed by atoms with Gasteiger partial charge in [-0.2, -0.15) is 5.26 Å². The van der Waals surface area contributed by atoms with E-state index in [0.717, 1.165) is 5.56 Å². The van der Waals surface area contributed by atoms with Gasteiger partial charge in [-0.05, 0) is 43.2 Å². The van der Waals surface area contributed by atoms with Crippen LogP contribution in [-0.4, -0.2) is 0 Å². The minimum atomic E-state index is -0.321. The number of nitriles is 1. The molecule has 0 saturated carbocycles. The van der Waals surface area contributed by atoms with E-state index in [2.05, 4.69) is 6.07 Å². The Morgan fingerprint density at radius 1 is 1.11 bits per heavy atom. The summed E-state index contributed by atoms with van der Waals surface area (Å²) in [7, 11) is 0. The molecule has 0 radical (unpaired) electrons. The van der Waals surface area contributed by atoms with E-state index in [-0.39, 0.29) is 5.82 Å². The average Bonchev–Trinajstić information content (AvgIpc) is 2.34. The van der Waals surface area contributed by atoms with Crippen molar-refractivity contribution in [2.45, 2.75) is 13.8 Å². The van der Waals surface area contributed by atoms with Crippen LogP contribution >= 0.6 is 0 Å². The molecule has 0 aliphatic carbocycles. The fourth-order valence-electron chi connectivity index (χ4n) is 1.57. The van der Waals surface area contributed by atoms with Crippen molar-refractivity contribution in [1.82, 2.24) is 0 Å². The molecule has 0 fully saturated rings. The third-order valence-electron chi connectivity index (χ3n) is 2.63. The molecule has 0 spiro atoms. The minimum Gasteiger partial charge on any atom is -0.456 e. The SMILES string of the molecule is Cc1ccc(C#N)c(Oc2ccc(C)c(F)c2)c1. The summed E-state index contributed by atoms with van der Waals surface area (Å²) >= 11 is 0. The Hall–Kier alpha value is -2.34. The Labute approximate surface area is 105 Å². The Morgan fingerprint density at radius 2 is 1.89 bits per heavy atom. The smallest absolute Gasteiger partial charge is 0.145 e. The molecule has 0 N–H and O–H groups in total. The first-order valence-corrected chi connectivity index (χ1v) is 5.55. The summed E-state index contributed by atoms with van der Waals surface area (Å²) in [5.41, 5.74) is 1.98. The van der Waals surface area contributed by atoms with Gasteiger partial charge in [-0.1, -0.05) is 12.1 Å². The van der Waals surface area contributed by atoms with Crippen LogP contribution in [0.3, 0.4) is 0 Å². The van der Waals surface area contributed by atoms with Crippen LogP contribution in [0, 0.1) is 31.0 Å². The van der Waals surface area contributed by atoms with Crippen LogP contribution in [0.25, 0.3) is 0 Å². The van der Waals surface area contributed by atoms with Gasteiger partial charge in [0.25, 0.3) is 0 Å². The third kappa shape index (κ3) is 2.49. The van der Waals surface area contributed by atoms with Gasteiger partial charge in [-0.3, -0.25) is 0 Å². The van der Waals surface area contributed by atoms with Gasteiger partial charge in [0.15, 0.2) is 0 Å². The monoisotopic (exact) mass is 241 g/mol. The highest BCUT2D eigenvalue weighted by molar-refractivity contribution is 5.47. The first-order valence-electron chi connectivity index (χ1n) is 5.55. The van der Waals surface area contributed by atoms with Gasteiger partial charge >= 0.3 is 0 Å². The largest absolute Gasteiger partial charge is 0.456 e. The van der Waals surface area contributed by atoms with E-state index in [4.69, 9.17) is 10.00 Å². The maximum atomic E-state index is 13.4. The summed E-state index contributed by atoms with van der Waals surface area (Å²) in [5, 5.41) is 8.98. The molecule has 0 saturated heterocycles. The van der Waals surface area contributed by atoms with E-state index in [9.17, 15) is 4.39 Å². The molecular formula is C15H12FNO. The number of hydrogen-bond acceptors (Lipinski definition) is 2. The zero-order valence-electron chi connectivity index (χ0n) is 10.2. The molecule has 2 aromatic carbocycles. The zero-order valence-corrected chi connectivity index (χ0v) is 10.2. The van der Waals surface area contributed by atoms with Crippen LogP contribution in [0.15, 0.2) is 36.4 Å². The molecule has 2 aromatic rings. The Bertz CT molecular complexity index is 629. The summed E-state index contributed by atoms with van der Waals surface area (Å²) < 4.78 is 19.0. The molecule has 2 nitrogen and oxygen atoms in total. The van der Waals surface area contributed by atoms with E-state index in [1.54, 1.807) is 31.2 Å². The molecule has 3 heteroatoms. The van der Waals surface area contributed by atoms with Gasteiger partial charge in [0.1, 0.15) is 23.4 Å². The van der Waals surface area contributed by atoms with Gasteiger partial charge in [0.05, 0.1) is 5.56 Å². The molecule has 0 aliphatic rings. The maximum absolute atomic E-state index is 13.4. The van der Waals surface area contributed by atoms with Crippen LogP contribution in [0.4, 0.5) is 4.39 Å². The van der Waals surface area contributed by atoms with E-state index in [1.807, 2.05) is 13.0 Å². The first-order chi connectivity index (χ1) is 8.60. The van der Waals surface area contributed by atoms with E-state index in [1.165, 1.54) is 6.07 Å². The van der Waals surface area contributed by atoms with E-state index < -0.39 is 0 Å². The molecule has 0 aliphatic heterocycles. The minimum absolute atomic E-state index is 0.321. The highest BCUT2D eigenvalue weighted by Gasteiger charge is 2.06. The van der Waals surface area contributed by atoms with Crippen LogP contribution in [0.5, 0.6) is 11.5 Å². The van der Waals surface area contributed by atoms with Crippen molar-refractivity contribution in [2.24, 2.45) is 0 Å². The second-order valence-electron chi connectivity index (χ2n) is 4.12. The predicted octanol–water partition coefficient (Wildman–Crippen LogP) is 4.11. The molecule has 0 heterocycles. The number of benzene rings is 2. The first kappa shape index (κ1) is 12.1. The summed E-state index contributed by atoms with van der Waals surface area (Å²) in [5.74, 6) is 0.514. The second kappa shape index (κ2) is 4.89. The highest BCUT2D eigenvalue weighted by Crippen LogP contribution is 2.27. The summed E-state index contributed by atoms with van der Waals surface area (Å²) in [4.78, 5) is 0. The zero-order chi connectivity index (χ0) is 13.1. The fourth-order valence-corrected chi connectivity index (χ4v) is 1.57. The van der Waals surface area contributed by atoms with Crippen LogP contribution < -0.4 is 4.74 Å². The van der Waals surface area contributed by atoms with Gasteiger partial charge in [0.2, 0.25) is 0 Å². The van der Waals surface area contributed by atoms with Gasteiger partial charge < -0.3 is 4.74 Å². The van der Waals surface area contributed by atoms with Crippen molar-refractivity contribution < 1.29 is 9.13 Å². The highest BCUT2D eigenvalue weighted by atomic mass is 19.1. The Morgan fingerprint density at radius 3 is 2.56 bits per heavy atom. The number of aryl methyl sites for hydroxylation is 2. The third-order valence-corrected chi connectivity index (χ3v) is 2.63. The van der Waals surface area contributed by atoms with Crippen molar-refractivity contribution in [3.05, 3.63) is 58.9 Å². The normalized spacial score (nSPS) is 9.89. The average molecular weight is 241 g/mol. The maximum Gasteiger partial charge on any atom is 0.145 e. The van der Waals surface area contributed by atoms with Gasteiger partial charge in [0, 0.05) is 6.07 Å². The van der Waals surface area contributed by atoms with Crippen molar-refractivity contribution in [3.63, 3.8) is 0 Å². The number of ether oxygens (including phenoxy) is 1. The summed E-state index contributed by atoms with van der Waals surface area (Å²) in [6.07, 6.45) is 0. The van der Waals surface area contributed by atoms with Crippen molar-refractivity contribution in [3.8, 4) is 17.6 Å². The quantitative estimate of drug-likeness (QED) is 0.792.